The molecule has 2 nitrogen and oxygen atoms in total. The van der Waals surface area contributed by atoms with Crippen molar-refractivity contribution in [3.63, 3.8) is 0 Å². The Bertz CT molecular complexity index is 643. The quantitative estimate of drug-likeness (QED) is 0.832. The van der Waals surface area contributed by atoms with Crippen LogP contribution in [0.1, 0.15) is 11.1 Å². The average molecular weight is 312 g/mol. The molecule has 98 valence electrons. The Morgan fingerprint density at radius 2 is 1.84 bits per heavy atom. The lowest BCUT2D eigenvalue weighted by Gasteiger charge is -2.12. The number of hydrogen-bond acceptors (Lipinski definition) is 2. The van der Waals surface area contributed by atoms with Crippen LogP contribution in [-0.4, -0.2) is 4.99 Å². The van der Waals surface area contributed by atoms with E-state index in [1.807, 2.05) is 25.1 Å². The second kappa shape index (κ2) is 5.78. The first kappa shape index (κ1) is 14.1. The highest BCUT2D eigenvalue weighted by molar-refractivity contribution is 7.80. The number of thiocarbonyl (C=S) groups is 1. The lowest BCUT2D eigenvalue weighted by atomic mass is 10.1. The molecule has 0 spiro atoms. The summed E-state index contributed by atoms with van der Waals surface area (Å²) in [6, 6.07) is 10.6. The van der Waals surface area contributed by atoms with E-state index in [0.29, 0.717) is 27.1 Å². The summed E-state index contributed by atoms with van der Waals surface area (Å²) in [6.45, 7) is 1.96. The van der Waals surface area contributed by atoms with E-state index in [4.69, 9.17) is 45.9 Å². The van der Waals surface area contributed by atoms with Crippen LogP contribution < -0.4 is 10.5 Å². The molecule has 0 saturated heterocycles. The van der Waals surface area contributed by atoms with E-state index in [0.717, 1.165) is 5.56 Å². The molecule has 0 bridgehead atoms. The lowest BCUT2D eigenvalue weighted by Crippen LogP contribution is -2.10. The maximum absolute atomic E-state index is 6.08. The van der Waals surface area contributed by atoms with Gasteiger partial charge < -0.3 is 10.5 Å². The number of aryl methyl sites for hydroxylation is 1. The smallest absolute Gasteiger partial charge is 0.146 e. The summed E-state index contributed by atoms with van der Waals surface area (Å²) < 4.78 is 5.78. The fourth-order valence-corrected chi connectivity index (χ4v) is 2.21. The minimum atomic E-state index is 0.278. The van der Waals surface area contributed by atoms with Crippen LogP contribution in [0.3, 0.4) is 0 Å². The zero-order valence-electron chi connectivity index (χ0n) is 10.1. The van der Waals surface area contributed by atoms with Gasteiger partial charge in [-0.2, -0.15) is 0 Å². The molecule has 0 atom stereocenters. The minimum Gasteiger partial charge on any atom is -0.455 e. The van der Waals surface area contributed by atoms with Gasteiger partial charge in [-0.3, -0.25) is 0 Å². The molecule has 2 N–H and O–H groups in total. The summed E-state index contributed by atoms with van der Waals surface area (Å²) in [5, 5.41) is 0.985. The topological polar surface area (TPSA) is 35.2 Å². The van der Waals surface area contributed by atoms with E-state index in [1.165, 1.54) is 0 Å². The van der Waals surface area contributed by atoms with Crippen LogP contribution in [0.5, 0.6) is 11.5 Å². The van der Waals surface area contributed by atoms with Crippen LogP contribution in [-0.2, 0) is 0 Å². The first-order valence-corrected chi connectivity index (χ1v) is 6.67. The fourth-order valence-electron chi connectivity index (χ4n) is 1.59. The molecule has 0 aromatic heterocycles. The van der Waals surface area contributed by atoms with Crippen molar-refractivity contribution in [2.75, 3.05) is 0 Å². The zero-order valence-corrected chi connectivity index (χ0v) is 12.4. The minimum absolute atomic E-state index is 0.278. The van der Waals surface area contributed by atoms with Crippen molar-refractivity contribution in [1.29, 1.82) is 0 Å². The van der Waals surface area contributed by atoms with Crippen LogP contribution in [0, 0.1) is 6.92 Å². The van der Waals surface area contributed by atoms with Crippen LogP contribution in [0.25, 0.3) is 0 Å². The van der Waals surface area contributed by atoms with Crippen LogP contribution in [0.2, 0.25) is 10.0 Å². The number of hydrogen-bond donors (Lipinski definition) is 1. The van der Waals surface area contributed by atoms with Crippen molar-refractivity contribution in [2.24, 2.45) is 5.73 Å². The van der Waals surface area contributed by atoms with Crippen molar-refractivity contribution < 1.29 is 4.74 Å². The van der Waals surface area contributed by atoms with Crippen molar-refractivity contribution >= 4 is 40.4 Å². The van der Waals surface area contributed by atoms with E-state index < -0.39 is 0 Å². The second-order valence-electron chi connectivity index (χ2n) is 4.04. The maximum Gasteiger partial charge on any atom is 0.146 e. The van der Waals surface area contributed by atoms with E-state index in [-0.39, 0.29) is 4.99 Å². The molecule has 0 aliphatic heterocycles. The molecule has 2 aromatic rings. The molecule has 0 unspecified atom stereocenters. The summed E-state index contributed by atoms with van der Waals surface area (Å²) >= 11 is 16.9. The predicted octanol–water partition coefficient (Wildman–Crippen LogP) is 4.73. The van der Waals surface area contributed by atoms with E-state index >= 15 is 0 Å². The van der Waals surface area contributed by atoms with Gasteiger partial charge in [-0.15, -0.1) is 0 Å². The standard InChI is InChI=1S/C14H11Cl2NOS/c1-8-2-4-10(14(17)19)13(6-8)18-12-5-3-9(15)7-11(12)16/h2-7H,1H3,(H2,17,19). The molecule has 0 radical (unpaired) electrons. The van der Waals surface area contributed by atoms with Gasteiger partial charge in [0.05, 0.1) is 10.6 Å². The van der Waals surface area contributed by atoms with Gasteiger partial charge in [-0.1, -0.05) is 41.5 Å². The molecule has 0 amide bonds. The third-order valence-electron chi connectivity index (χ3n) is 2.52. The Balaban J connectivity index is 2.42. The second-order valence-corrected chi connectivity index (χ2v) is 5.32. The molecular weight excluding hydrogens is 301 g/mol. The van der Waals surface area contributed by atoms with Crippen molar-refractivity contribution in [1.82, 2.24) is 0 Å². The van der Waals surface area contributed by atoms with Crippen molar-refractivity contribution in [2.45, 2.75) is 6.92 Å². The molecule has 0 aliphatic carbocycles. The number of halogens is 2. The van der Waals surface area contributed by atoms with Crippen LogP contribution in [0.15, 0.2) is 36.4 Å². The molecule has 0 saturated carbocycles. The monoisotopic (exact) mass is 311 g/mol. The van der Waals surface area contributed by atoms with Crippen LogP contribution >= 0.6 is 35.4 Å². The highest BCUT2D eigenvalue weighted by Crippen LogP contribution is 2.33. The third-order valence-corrected chi connectivity index (χ3v) is 3.27. The molecule has 0 heterocycles. The average Bonchev–Trinajstić information content (AvgIpc) is 2.32. The van der Waals surface area contributed by atoms with Gasteiger partial charge in [0.2, 0.25) is 0 Å². The largest absolute Gasteiger partial charge is 0.455 e. The Labute approximate surface area is 127 Å². The highest BCUT2D eigenvalue weighted by Gasteiger charge is 2.10. The summed E-state index contributed by atoms with van der Waals surface area (Å²) in [5.41, 5.74) is 7.39. The maximum atomic E-state index is 6.08. The first-order valence-electron chi connectivity index (χ1n) is 5.51. The molecule has 0 fully saturated rings. The van der Waals surface area contributed by atoms with E-state index in [9.17, 15) is 0 Å². The summed E-state index contributed by atoms with van der Waals surface area (Å²) in [6.07, 6.45) is 0. The Hall–Kier alpha value is -1.29. The molecular formula is C14H11Cl2NOS. The highest BCUT2D eigenvalue weighted by atomic mass is 35.5. The van der Waals surface area contributed by atoms with Gasteiger partial charge in [-0.05, 0) is 42.8 Å². The first-order chi connectivity index (χ1) is 8.97. The van der Waals surface area contributed by atoms with Gasteiger partial charge in [0.15, 0.2) is 0 Å². The van der Waals surface area contributed by atoms with Gasteiger partial charge in [-0.25, -0.2) is 0 Å². The summed E-state index contributed by atoms with van der Waals surface area (Å²) in [7, 11) is 0. The van der Waals surface area contributed by atoms with Crippen molar-refractivity contribution in [3.8, 4) is 11.5 Å². The van der Waals surface area contributed by atoms with Gasteiger partial charge in [0, 0.05) is 5.02 Å². The fraction of sp³-hybridized carbons (Fsp3) is 0.0714. The summed E-state index contributed by atoms with van der Waals surface area (Å²) in [5.74, 6) is 1.09. The molecule has 19 heavy (non-hydrogen) atoms. The third kappa shape index (κ3) is 3.38. The van der Waals surface area contributed by atoms with Gasteiger partial charge >= 0.3 is 0 Å². The van der Waals surface area contributed by atoms with E-state index in [2.05, 4.69) is 0 Å². The zero-order chi connectivity index (χ0) is 14.0. The SMILES string of the molecule is Cc1ccc(C(N)=S)c(Oc2ccc(Cl)cc2Cl)c1. The number of nitrogens with two attached hydrogens (primary N) is 1. The molecule has 2 rings (SSSR count). The lowest BCUT2D eigenvalue weighted by molar-refractivity contribution is 0.481. The molecule has 2 aromatic carbocycles. The predicted molar refractivity (Wildman–Crippen MR) is 83.6 cm³/mol. The Morgan fingerprint density at radius 1 is 1.11 bits per heavy atom. The molecule has 0 aliphatic rings. The molecule has 5 heteroatoms. The number of benzene rings is 2. The number of ether oxygens (including phenoxy) is 1. The Kier molecular flexibility index (Phi) is 4.30. The van der Waals surface area contributed by atoms with Gasteiger partial charge in [0.1, 0.15) is 16.5 Å². The van der Waals surface area contributed by atoms with E-state index in [1.54, 1.807) is 18.2 Å². The van der Waals surface area contributed by atoms with Crippen LogP contribution in [0.4, 0.5) is 0 Å². The normalized spacial score (nSPS) is 10.3. The van der Waals surface area contributed by atoms with Crippen molar-refractivity contribution in [3.05, 3.63) is 57.6 Å². The number of rotatable bonds is 3. The Morgan fingerprint density at radius 3 is 2.47 bits per heavy atom. The summed E-state index contributed by atoms with van der Waals surface area (Å²) in [4.78, 5) is 0.278. The van der Waals surface area contributed by atoms with Gasteiger partial charge in [0.25, 0.3) is 0 Å².